The molecule has 2 aromatic rings. The third-order valence-corrected chi connectivity index (χ3v) is 2.75. The van der Waals surface area contributed by atoms with Gasteiger partial charge in [0, 0.05) is 17.1 Å². The van der Waals surface area contributed by atoms with Crippen LogP contribution in [0.25, 0.3) is 0 Å². The third-order valence-electron chi connectivity index (χ3n) is 2.30. The van der Waals surface area contributed by atoms with Gasteiger partial charge in [-0.15, -0.1) is 0 Å². The first-order chi connectivity index (χ1) is 8.67. The molecule has 0 aliphatic carbocycles. The van der Waals surface area contributed by atoms with Gasteiger partial charge in [0.2, 0.25) is 0 Å². The summed E-state index contributed by atoms with van der Waals surface area (Å²) >= 11 is 3.21. The Morgan fingerprint density at radius 2 is 2.00 bits per heavy atom. The van der Waals surface area contributed by atoms with Gasteiger partial charge in [-0.2, -0.15) is 0 Å². The van der Waals surface area contributed by atoms with Crippen molar-refractivity contribution in [1.82, 2.24) is 4.98 Å². The number of nitrogens with zero attached hydrogens (tertiary/aromatic N) is 1. The quantitative estimate of drug-likeness (QED) is 0.944. The normalized spacial score (nSPS) is 10.4. The summed E-state index contributed by atoms with van der Waals surface area (Å²) in [5, 5.41) is 0. The van der Waals surface area contributed by atoms with Crippen LogP contribution in [-0.4, -0.2) is 4.98 Å². The van der Waals surface area contributed by atoms with E-state index in [1.165, 1.54) is 12.1 Å². The van der Waals surface area contributed by atoms with Gasteiger partial charge in [-0.05, 0) is 24.3 Å². The molecule has 0 atom stereocenters. The van der Waals surface area contributed by atoms with E-state index >= 15 is 0 Å². The lowest BCUT2D eigenvalue weighted by molar-refractivity contribution is 0.299. The van der Waals surface area contributed by atoms with Crippen molar-refractivity contribution in [3.05, 3.63) is 58.1 Å². The molecule has 3 nitrogen and oxygen atoms in total. The summed E-state index contributed by atoms with van der Waals surface area (Å²) in [6.07, 6.45) is 0. The topological polar surface area (TPSA) is 48.1 Å². The van der Waals surface area contributed by atoms with Crippen molar-refractivity contribution in [1.29, 1.82) is 0 Å². The van der Waals surface area contributed by atoms with Gasteiger partial charge in [0.25, 0.3) is 0 Å². The van der Waals surface area contributed by atoms with E-state index in [9.17, 15) is 4.39 Å². The Bertz CT molecular complexity index is 528. The largest absolute Gasteiger partial charge is 0.487 e. The maximum Gasteiger partial charge on any atom is 0.130 e. The summed E-state index contributed by atoms with van der Waals surface area (Å²) in [7, 11) is 0. The summed E-state index contributed by atoms with van der Waals surface area (Å²) in [5.74, 6) is 0.116. The third kappa shape index (κ3) is 3.51. The second kappa shape index (κ2) is 5.93. The second-order valence-electron chi connectivity index (χ2n) is 3.72. The van der Waals surface area contributed by atoms with Crippen LogP contribution in [0.5, 0.6) is 5.75 Å². The lowest BCUT2D eigenvalue weighted by Crippen LogP contribution is -2.04. The predicted octanol–water partition coefficient (Wildman–Crippen LogP) is 3.02. The molecule has 1 aromatic carbocycles. The Morgan fingerprint density at radius 3 is 2.72 bits per heavy atom. The fourth-order valence-electron chi connectivity index (χ4n) is 1.49. The van der Waals surface area contributed by atoms with Crippen molar-refractivity contribution in [2.24, 2.45) is 5.73 Å². The van der Waals surface area contributed by atoms with Crippen LogP contribution >= 0.6 is 15.9 Å². The van der Waals surface area contributed by atoms with Gasteiger partial charge < -0.3 is 10.5 Å². The van der Waals surface area contributed by atoms with Crippen LogP contribution < -0.4 is 10.5 Å². The minimum Gasteiger partial charge on any atom is -0.487 e. The van der Waals surface area contributed by atoms with Crippen LogP contribution in [0.3, 0.4) is 0 Å². The zero-order valence-corrected chi connectivity index (χ0v) is 11.2. The molecule has 2 rings (SSSR count). The predicted molar refractivity (Wildman–Crippen MR) is 70.6 cm³/mol. The summed E-state index contributed by atoms with van der Waals surface area (Å²) in [6.45, 7) is 0.670. The SMILES string of the molecule is NCc1cccc(COc2cc(F)cc(Br)c2)n1. The molecule has 0 saturated heterocycles. The van der Waals surface area contributed by atoms with E-state index in [0.717, 1.165) is 11.4 Å². The monoisotopic (exact) mass is 310 g/mol. The van der Waals surface area contributed by atoms with Crippen molar-refractivity contribution in [3.63, 3.8) is 0 Å². The van der Waals surface area contributed by atoms with Gasteiger partial charge in [0.05, 0.1) is 11.4 Å². The number of halogens is 2. The number of hydrogen-bond acceptors (Lipinski definition) is 3. The van der Waals surface area contributed by atoms with E-state index in [1.54, 1.807) is 6.07 Å². The fraction of sp³-hybridized carbons (Fsp3) is 0.154. The molecule has 94 valence electrons. The first-order valence-corrected chi connectivity index (χ1v) is 6.20. The van der Waals surface area contributed by atoms with Gasteiger partial charge in [-0.1, -0.05) is 22.0 Å². The summed E-state index contributed by atoms with van der Waals surface area (Å²) < 4.78 is 19.3. The molecule has 5 heteroatoms. The van der Waals surface area contributed by atoms with E-state index in [4.69, 9.17) is 10.5 Å². The number of aromatic nitrogens is 1. The highest BCUT2D eigenvalue weighted by atomic mass is 79.9. The number of hydrogen-bond donors (Lipinski definition) is 1. The molecule has 0 amide bonds. The molecule has 0 bridgehead atoms. The number of pyridine rings is 1. The van der Waals surface area contributed by atoms with Crippen LogP contribution in [-0.2, 0) is 13.2 Å². The minimum absolute atomic E-state index is 0.281. The van der Waals surface area contributed by atoms with Crippen LogP contribution in [0.4, 0.5) is 4.39 Å². The van der Waals surface area contributed by atoms with Crippen molar-refractivity contribution in [3.8, 4) is 5.75 Å². The fourth-order valence-corrected chi connectivity index (χ4v) is 1.94. The van der Waals surface area contributed by atoms with Crippen LogP contribution in [0.15, 0.2) is 40.9 Å². The minimum atomic E-state index is -0.344. The lowest BCUT2D eigenvalue weighted by atomic mass is 10.3. The average molecular weight is 311 g/mol. The summed E-state index contributed by atoms with van der Waals surface area (Å²) in [4.78, 5) is 4.30. The summed E-state index contributed by atoms with van der Waals surface area (Å²) in [5.41, 5.74) is 7.07. The number of rotatable bonds is 4. The van der Waals surface area contributed by atoms with Gasteiger partial charge in [0.1, 0.15) is 18.2 Å². The van der Waals surface area contributed by atoms with E-state index in [2.05, 4.69) is 20.9 Å². The van der Waals surface area contributed by atoms with Gasteiger partial charge in [0.15, 0.2) is 0 Å². The van der Waals surface area contributed by atoms with Gasteiger partial charge >= 0.3 is 0 Å². The van der Waals surface area contributed by atoms with Crippen molar-refractivity contribution >= 4 is 15.9 Å². The molecular formula is C13H12BrFN2O. The maximum absolute atomic E-state index is 13.1. The smallest absolute Gasteiger partial charge is 0.130 e. The Hall–Kier alpha value is -1.46. The average Bonchev–Trinajstić information content (AvgIpc) is 2.35. The van der Waals surface area contributed by atoms with Crippen LogP contribution in [0.2, 0.25) is 0 Å². The molecule has 0 fully saturated rings. The number of nitrogens with two attached hydrogens (primary N) is 1. The van der Waals surface area contributed by atoms with Crippen molar-refractivity contribution < 1.29 is 9.13 Å². The molecule has 0 unspecified atom stereocenters. The van der Waals surface area contributed by atoms with E-state index in [1.807, 2.05) is 18.2 Å². The molecule has 1 aromatic heterocycles. The highest BCUT2D eigenvalue weighted by molar-refractivity contribution is 9.10. The molecule has 0 saturated carbocycles. The van der Waals surface area contributed by atoms with E-state index in [-0.39, 0.29) is 12.4 Å². The lowest BCUT2D eigenvalue weighted by Gasteiger charge is -2.07. The van der Waals surface area contributed by atoms with E-state index in [0.29, 0.717) is 16.8 Å². The molecule has 0 radical (unpaired) electrons. The Kier molecular flexibility index (Phi) is 4.28. The van der Waals surface area contributed by atoms with Crippen LogP contribution in [0.1, 0.15) is 11.4 Å². The standard InChI is InChI=1S/C13H12BrFN2O/c14-9-4-10(15)6-13(5-9)18-8-12-3-1-2-11(7-16)17-12/h1-6H,7-8,16H2. The molecule has 0 aliphatic heterocycles. The molecule has 2 N–H and O–H groups in total. The molecule has 1 heterocycles. The Morgan fingerprint density at radius 1 is 1.22 bits per heavy atom. The molecule has 0 aliphatic rings. The zero-order chi connectivity index (χ0) is 13.0. The second-order valence-corrected chi connectivity index (χ2v) is 4.63. The van der Waals surface area contributed by atoms with Crippen molar-refractivity contribution in [2.75, 3.05) is 0 Å². The van der Waals surface area contributed by atoms with E-state index < -0.39 is 0 Å². The molecule has 18 heavy (non-hydrogen) atoms. The first-order valence-electron chi connectivity index (χ1n) is 5.41. The van der Waals surface area contributed by atoms with Gasteiger partial charge in [-0.25, -0.2) is 4.39 Å². The summed E-state index contributed by atoms with van der Waals surface area (Å²) in [6, 6.07) is 9.97. The molecular weight excluding hydrogens is 299 g/mol. The Labute approximate surface area is 113 Å². The van der Waals surface area contributed by atoms with Crippen molar-refractivity contribution in [2.45, 2.75) is 13.2 Å². The van der Waals surface area contributed by atoms with Crippen LogP contribution in [0, 0.1) is 5.82 Å². The van der Waals surface area contributed by atoms with Gasteiger partial charge in [-0.3, -0.25) is 4.98 Å². The number of ether oxygens (including phenoxy) is 1. The highest BCUT2D eigenvalue weighted by Crippen LogP contribution is 2.21. The first kappa shape index (κ1) is 13.0. The molecule has 0 spiro atoms. The number of benzene rings is 1. The highest BCUT2D eigenvalue weighted by Gasteiger charge is 2.02. The Balaban J connectivity index is 2.06. The zero-order valence-electron chi connectivity index (χ0n) is 9.57. The maximum atomic E-state index is 13.1.